The molecule has 0 unspecified atom stereocenters. The third-order valence-electron chi connectivity index (χ3n) is 2.94. The third kappa shape index (κ3) is 3.37. The molecule has 1 heterocycles. The smallest absolute Gasteiger partial charge is 0.273 e. The fraction of sp³-hybridized carbons (Fsp3) is 0.250. The van der Waals surface area contributed by atoms with E-state index in [4.69, 9.17) is 4.52 Å². The van der Waals surface area contributed by atoms with Crippen LogP contribution in [0.15, 0.2) is 28.8 Å². The minimum atomic E-state index is -3.84. The van der Waals surface area contributed by atoms with Crippen LogP contribution in [-0.2, 0) is 15.8 Å². The molecule has 8 nitrogen and oxygen atoms in total. The summed E-state index contributed by atoms with van der Waals surface area (Å²) >= 11 is 0. The van der Waals surface area contributed by atoms with Crippen molar-refractivity contribution < 1.29 is 17.9 Å². The molecule has 1 aromatic heterocycles. The SMILES string of the molecule is Cc1noc(NS(=O)(=O)Cc2ccccc2[N+](=O)[O-])c1C. The highest BCUT2D eigenvalue weighted by molar-refractivity contribution is 7.91. The van der Waals surface area contributed by atoms with Gasteiger partial charge in [-0.15, -0.1) is 0 Å². The van der Waals surface area contributed by atoms with Gasteiger partial charge in [-0.1, -0.05) is 23.4 Å². The zero-order valence-corrected chi connectivity index (χ0v) is 12.2. The number of rotatable bonds is 5. The van der Waals surface area contributed by atoms with Crippen LogP contribution in [0, 0.1) is 24.0 Å². The van der Waals surface area contributed by atoms with Crippen molar-refractivity contribution in [1.29, 1.82) is 0 Å². The maximum absolute atomic E-state index is 12.1. The van der Waals surface area contributed by atoms with Gasteiger partial charge >= 0.3 is 0 Å². The van der Waals surface area contributed by atoms with Gasteiger partial charge in [-0.05, 0) is 13.8 Å². The van der Waals surface area contributed by atoms with Crippen molar-refractivity contribution in [2.45, 2.75) is 19.6 Å². The van der Waals surface area contributed by atoms with Crippen LogP contribution in [0.25, 0.3) is 0 Å². The van der Waals surface area contributed by atoms with E-state index < -0.39 is 20.7 Å². The number of para-hydroxylation sites is 1. The molecule has 0 amide bonds. The number of aromatic nitrogens is 1. The third-order valence-corrected chi connectivity index (χ3v) is 4.13. The quantitative estimate of drug-likeness (QED) is 0.668. The number of aryl methyl sites for hydroxylation is 1. The summed E-state index contributed by atoms with van der Waals surface area (Å²) in [4.78, 5) is 10.3. The van der Waals surface area contributed by atoms with Crippen molar-refractivity contribution in [3.8, 4) is 0 Å². The van der Waals surface area contributed by atoms with Gasteiger partial charge in [0.25, 0.3) is 5.69 Å². The monoisotopic (exact) mass is 311 g/mol. The van der Waals surface area contributed by atoms with E-state index in [9.17, 15) is 18.5 Å². The molecule has 0 spiro atoms. The minimum Gasteiger partial charge on any atom is -0.337 e. The zero-order valence-electron chi connectivity index (χ0n) is 11.4. The number of hydrogen-bond acceptors (Lipinski definition) is 6. The van der Waals surface area contributed by atoms with E-state index in [1.807, 2.05) is 0 Å². The largest absolute Gasteiger partial charge is 0.337 e. The van der Waals surface area contributed by atoms with Crippen molar-refractivity contribution in [3.05, 3.63) is 51.2 Å². The average Bonchev–Trinajstić information content (AvgIpc) is 2.70. The Hall–Kier alpha value is -2.42. The Bertz CT molecular complexity index is 782. The van der Waals surface area contributed by atoms with Crippen molar-refractivity contribution in [2.75, 3.05) is 4.72 Å². The normalized spacial score (nSPS) is 11.3. The van der Waals surface area contributed by atoms with Gasteiger partial charge in [-0.25, -0.2) is 8.42 Å². The first-order valence-electron chi connectivity index (χ1n) is 5.96. The van der Waals surface area contributed by atoms with Crippen molar-refractivity contribution >= 4 is 21.6 Å². The van der Waals surface area contributed by atoms with E-state index in [1.54, 1.807) is 19.9 Å². The van der Waals surface area contributed by atoms with Crippen LogP contribution in [0.1, 0.15) is 16.8 Å². The minimum absolute atomic E-state index is 0.0195. The van der Waals surface area contributed by atoms with E-state index in [2.05, 4.69) is 9.88 Å². The number of nitro groups is 1. The highest BCUT2D eigenvalue weighted by Gasteiger charge is 2.22. The number of sulfonamides is 1. The van der Waals surface area contributed by atoms with Crippen LogP contribution < -0.4 is 4.72 Å². The van der Waals surface area contributed by atoms with Crippen LogP contribution in [0.4, 0.5) is 11.6 Å². The van der Waals surface area contributed by atoms with Crippen molar-refractivity contribution in [2.24, 2.45) is 0 Å². The summed E-state index contributed by atoms with van der Waals surface area (Å²) in [5.74, 6) is -0.505. The Morgan fingerprint density at radius 3 is 2.57 bits per heavy atom. The van der Waals surface area contributed by atoms with Crippen LogP contribution in [0.5, 0.6) is 0 Å². The Labute approximate surface area is 121 Å². The maximum atomic E-state index is 12.1. The molecule has 112 valence electrons. The van der Waals surface area contributed by atoms with E-state index in [-0.39, 0.29) is 17.1 Å². The Kier molecular flexibility index (Phi) is 3.94. The van der Waals surface area contributed by atoms with Crippen molar-refractivity contribution in [3.63, 3.8) is 0 Å². The van der Waals surface area contributed by atoms with Gasteiger partial charge in [-0.3, -0.25) is 14.8 Å². The summed E-state index contributed by atoms with van der Waals surface area (Å²) in [6.45, 7) is 3.34. The second kappa shape index (κ2) is 5.52. The molecule has 0 fully saturated rings. The molecule has 2 aromatic rings. The van der Waals surface area contributed by atoms with Gasteiger partial charge in [0.2, 0.25) is 15.9 Å². The molecule has 0 bridgehead atoms. The number of nitrogens with one attached hydrogen (secondary N) is 1. The van der Waals surface area contributed by atoms with Gasteiger partial charge < -0.3 is 4.52 Å². The second-order valence-corrected chi connectivity index (χ2v) is 6.19. The lowest BCUT2D eigenvalue weighted by Gasteiger charge is -2.06. The van der Waals surface area contributed by atoms with E-state index >= 15 is 0 Å². The van der Waals surface area contributed by atoms with Crippen LogP contribution >= 0.6 is 0 Å². The fourth-order valence-corrected chi connectivity index (χ4v) is 2.90. The lowest BCUT2D eigenvalue weighted by atomic mass is 10.2. The topological polar surface area (TPSA) is 115 Å². The van der Waals surface area contributed by atoms with Gasteiger partial charge in [0.1, 0.15) is 5.75 Å². The summed E-state index contributed by atoms with van der Waals surface area (Å²) in [7, 11) is -3.84. The molecule has 0 aliphatic carbocycles. The number of nitro benzene ring substituents is 1. The van der Waals surface area contributed by atoms with E-state index in [0.717, 1.165) is 0 Å². The predicted molar refractivity (Wildman–Crippen MR) is 75.3 cm³/mol. The predicted octanol–water partition coefficient (Wildman–Crippen LogP) is 2.14. The van der Waals surface area contributed by atoms with Gasteiger partial charge in [-0.2, -0.15) is 0 Å². The molecular weight excluding hydrogens is 298 g/mol. The van der Waals surface area contributed by atoms with Crippen molar-refractivity contribution in [1.82, 2.24) is 5.16 Å². The summed E-state index contributed by atoms with van der Waals surface area (Å²) < 4.78 is 31.3. The zero-order chi connectivity index (χ0) is 15.6. The molecule has 0 aliphatic rings. The lowest BCUT2D eigenvalue weighted by Crippen LogP contribution is -2.16. The summed E-state index contributed by atoms with van der Waals surface area (Å²) in [5, 5.41) is 14.5. The average molecular weight is 311 g/mol. The molecule has 1 N–H and O–H groups in total. The molecule has 21 heavy (non-hydrogen) atoms. The first-order valence-corrected chi connectivity index (χ1v) is 7.61. The second-order valence-electron chi connectivity index (χ2n) is 4.47. The first kappa shape index (κ1) is 15.0. The molecule has 0 saturated carbocycles. The first-order chi connectivity index (χ1) is 9.80. The number of hydrogen-bond donors (Lipinski definition) is 1. The number of benzene rings is 1. The summed E-state index contributed by atoms with van der Waals surface area (Å²) in [6, 6.07) is 5.68. The highest BCUT2D eigenvalue weighted by atomic mass is 32.2. The van der Waals surface area contributed by atoms with Crippen LogP contribution in [-0.4, -0.2) is 18.5 Å². The molecule has 2 rings (SSSR count). The molecule has 9 heteroatoms. The molecule has 0 saturated heterocycles. The van der Waals surface area contributed by atoms with Crippen LogP contribution in [0.2, 0.25) is 0 Å². The van der Waals surface area contributed by atoms with Crippen LogP contribution in [0.3, 0.4) is 0 Å². The summed E-state index contributed by atoms with van der Waals surface area (Å²) in [6.07, 6.45) is 0. The molecule has 0 atom stereocenters. The van der Waals surface area contributed by atoms with Gasteiger partial charge in [0.05, 0.1) is 10.6 Å². The summed E-state index contributed by atoms with van der Waals surface area (Å²) in [5.41, 5.74) is 0.997. The Morgan fingerprint density at radius 2 is 2.00 bits per heavy atom. The highest BCUT2D eigenvalue weighted by Crippen LogP contribution is 2.23. The Morgan fingerprint density at radius 1 is 1.33 bits per heavy atom. The number of nitrogens with zero attached hydrogens (tertiary/aromatic N) is 2. The number of anilines is 1. The van der Waals surface area contributed by atoms with Gasteiger partial charge in [0, 0.05) is 17.2 Å². The van der Waals surface area contributed by atoms with E-state index in [1.165, 1.54) is 18.2 Å². The van der Waals surface area contributed by atoms with E-state index in [0.29, 0.717) is 11.3 Å². The lowest BCUT2D eigenvalue weighted by molar-refractivity contribution is -0.385. The molecular formula is C12H13N3O5S. The maximum Gasteiger partial charge on any atom is 0.273 e. The van der Waals surface area contributed by atoms with Gasteiger partial charge in [0.15, 0.2) is 0 Å². The molecule has 0 radical (unpaired) electrons. The standard InChI is InChI=1S/C12H13N3O5S/c1-8-9(2)13-20-12(8)14-21(18,19)7-10-5-3-4-6-11(10)15(16)17/h3-6,14H,7H2,1-2H3. The molecule has 1 aromatic carbocycles. The fourth-order valence-electron chi connectivity index (χ4n) is 1.70. The Balaban J connectivity index is 2.26. The molecule has 0 aliphatic heterocycles.